The molecule has 0 atom stereocenters. The summed E-state index contributed by atoms with van der Waals surface area (Å²) < 4.78 is 0. The molecule has 0 amide bonds. The molecule has 0 unspecified atom stereocenters. The Kier molecular flexibility index (Phi) is 20.6. The van der Waals surface area contributed by atoms with Crippen LogP contribution in [0.2, 0.25) is 5.15 Å². The van der Waals surface area contributed by atoms with Crippen LogP contribution in [0.25, 0.3) is 0 Å². The molecular weight excluding hydrogens is 409 g/mol. The minimum absolute atomic E-state index is 0. The zero-order chi connectivity index (χ0) is 20.7. The number of pyridine rings is 2. The van der Waals surface area contributed by atoms with Crippen LogP contribution in [0.15, 0.2) is 24.5 Å². The van der Waals surface area contributed by atoms with Crippen molar-refractivity contribution in [2.45, 2.75) is 61.3 Å². The number of halogens is 1. The Morgan fingerprint density at radius 1 is 0.852 bits per heavy atom. The van der Waals surface area contributed by atoms with Crippen LogP contribution >= 0.6 is 11.6 Å². The topological polar surface area (TPSA) is 77.8 Å². The zero-order valence-corrected chi connectivity index (χ0v) is 21.9. The minimum atomic E-state index is 0. The number of anilines is 2. The van der Waals surface area contributed by atoms with Crippen molar-refractivity contribution in [2.75, 3.05) is 11.5 Å². The summed E-state index contributed by atoms with van der Waals surface area (Å²) in [6.45, 7) is 16.1. The first-order valence-electron chi connectivity index (χ1n) is 8.73. The fourth-order valence-corrected chi connectivity index (χ4v) is 1.79. The molecule has 0 aliphatic carbocycles. The molecule has 4 N–H and O–H groups in total. The van der Waals surface area contributed by atoms with E-state index in [4.69, 9.17) is 23.1 Å². The quantitative estimate of drug-likeness (QED) is 0.313. The molecule has 0 radical (unpaired) electrons. The summed E-state index contributed by atoms with van der Waals surface area (Å²) in [7, 11) is 0. The Hall–Kier alpha value is -1.19. The molecule has 0 spiro atoms. The number of aromatic nitrogens is 2. The van der Waals surface area contributed by atoms with Gasteiger partial charge in [-0.1, -0.05) is 25.4 Å². The Labute approximate surface area is 184 Å². The van der Waals surface area contributed by atoms with Crippen LogP contribution < -0.4 is 11.5 Å². The molecule has 27 heavy (non-hydrogen) atoms. The van der Waals surface area contributed by atoms with Crippen LogP contribution in [0, 0.1) is 26.7 Å². The number of hydrogen-bond acceptors (Lipinski definition) is 4. The van der Waals surface area contributed by atoms with Crippen LogP contribution in [-0.2, 0) is 19.5 Å². The first-order chi connectivity index (χ1) is 12.2. The van der Waals surface area contributed by atoms with E-state index >= 15 is 0 Å². The van der Waals surface area contributed by atoms with Crippen molar-refractivity contribution in [1.29, 1.82) is 0 Å². The molecule has 2 aromatic rings. The van der Waals surface area contributed by atoms with Crippen molar-refractivity contribution in [2.24, 2.45) is 0 Å². The number of nitrogens with two attached hydrogens (primary N) is 2. The SMILES string of the molecule is C[CH-]C.C[CH-]C.Cc1ccnc(C(C)C)c1N.Cc1ccnc(Cl)c1N.[Zn+2]. The van der Waals surface area contributed by atoms with E-state index in [-0.39, 0.29) is 19.5 Å². The molecule has 2 heterocycles. The third-order valence-electron chi connectivity index (χ3n) is 2.95. The van der Waals surface area contributed by atoms with Gasteiger partial charge in [0.05, 0.1) is 17.1 Å². The van der Waals surface area contributed by atoms with E-state index in [0.29, 0.717) is 16.8 Å². The smallest absolute Gasteiger partial charge is 0.397 e. The molecule has 148 valence electrons. The summed E-state index contributed by atoms with van der Waals surface area (Å²) in [6, 6.07) is 3.75. The summed E-state index contributed by atoms with van der Waals surface area (Å²) in [5.74, 6) is 0.412. The summed E-state index contributed by atoms with van der Waals surface area (Å²) in [5, 5.41) is 0.384. The number of aryl methyl sites for hydroxylation is 2. The van der Waals surface area contributed by atoms with Gasteiger partial charge in [0.1, 0.15) is 0 Å². The van der Waals surface area contributed by atoms with Gasteiger partial charge in [-0.25, -0.2) is 4.98 Å². The molecule has 0 fully saturated rings. The van der Waals surface area contributed by atoms with Crippen molar-refractivity contribution in [1.82, 2.24) is 9.97 Å². The molecule has 0 aromatic carbocycles. The predicted molar refractivity (Wildman–Crippen MR) is 117 cm³/mol. The molecule has 6 heteroatoms. The third-order valence-corrected chi connectivity index (χ3v) is 3.25. The van der Waals surface area contributed by atoms with Crippen molar-refractivity contribution in [3.8, 4) is 0 Å². The minimum Gasteiger partial charge on any atom is -0.397 e. The molecule has 4 nitrogen and oxygen atoms in total. The first-order valence-corrected chi connectivity index (χ1v) is 9.10. The standard InChI is InChI=1S/C9H14N2.C6H7ClN2.2C3H7.Zn/c1-6(2)9-8(10)7(3)4-5-11-9;1-4-2-3-9-6(7)5(4)8;2*1-3-2;/h4-6H,10H2,1-3H3;2-3H,8H2,1H3;2*3H,1-2H3;/q;;2*-1;+2. The number of nitrogens with zero attached hydrogens (tertiary/aromatic N) is 2. The van der Waals surface area contributed by atoms with Gasteiger partial charge in [0, 0.05) is 12.4 Å². The Bertz CT molecular complexity index is 597. The number of nitrogen functional groups attached to an aromatic ring is 2. The summed E-state index contributed by atoms with van der Waals surface area (Å²) >= 11 is 5.58. The van der Waals surface area contributed by atoms with E-state index in [1.165, 1.54) is 0 Å². The van der Waals surface area contributed by atoms with E-state index in [2.05, 4.69) is 23.8 Å². The second-order valence-electron chi connectivity index (χ2n) is 6.07. The monoisotopic (exact) mass is 442 g/mol. The first kappa shape index (κ1) is 30.5. The van der Waals surface area contributed by atoms with Crippen molar-refractivity contribution < 1.29 is 19.5 Å². The average Bonchev–Trinajstić information content (AvgIpc) is 2.57. The van der Waals surface area contributed by atoms with Gasteiger partial charge in [-0.3, -0.25) is 4.98 Å². The van der Waals surface area contributed by atoms with Gasteiger partial charge in [-0.15, -0.1) is 0 Å². The normalized spacial score (nSPS) is 8.81. The third kappa shape index (κ3) is 13.6. The van der Waals surface area contributed by atoms with E-state index < -0.39 is 0 Å². The molecular formula is C21H35ClN4Zn. The summed E-state index contributed by atoms with van der Waals surface area (Å²) in [5.41, 5.74) is 15.8. The molecule has 2 rings (SSSR count). The maximum absolute atomic E-state index is 5.82. The maximum Gasteiger partial charge on any atom is 2.00 e. The van der Waals surface area contributed by atoms with Crippen molar-refractivity contribution in [3.05, 3.63) is 59.3 Å². The molecule has 0 bridgehead atoms. The van der Waals surface area contributed by atoms with Crippen LogP contribution in [0.5, 0.6) is 0 Å². The van der Waals surface area contributed by atoms with E-state index in [1.54, 1.807) is 12.4 Å². The number of hydrogen-bond donors (Lipinski definition) is 2. The molecule has 0 aliphatic rings. The van der Waals surface area contributed by atoms with E-state index in [9.17, 15) is 0 Å². The van der Waals surface area contributed by atoms with Crippen LogP contribution in [-0.4, -0.2) is 9.97 Å². The van der Waals surface area contributed by atoms with Gasteiger partial charge < -0.3 is 24.3 Å². The Balaban J connectivity index is -0.000000325. The Morgan fingerprint density at radius 2 is 1.22 bits per heavy atom. The van der Waals surface area contributed by atoms with Gasteiger partial charge in [-0.05, 0) is 43.0 Å². The van der Waals surface area contributed by atoms with Gasteiger partial charge in [0.2, 0.25) is 0 Å². The fourth-order valence-electron chi connectivity index (χ4n) is 1.59. The fraction of sp³-hybridized carbons (Fsp3) is 0.429. The second-order valence-corrected chi connectivity index (χ2v) is 6.43. The van der Waals surface area contributed by atoms with Gasteiger partial charge >= 0.3 is 19.5 Å². The zero-order valence-electron chi connectivity index (χ0n) is 18.2. The predicted octanol–water partition coefficient (Wildman–Crippen LogP) is 6.18. The van der Waals surface area contributed by atoms with Gasteiger partial charge in [0.15, 0.2) is 5.15 Å². The molecule has 0 saturated carbocycles. The van der Waals surface area contributed by atoms with E-state index in [0.717, 1.165) is 22.5 Å². The van der Waals surface area contributed by atoms with Gasteiger partial charge in [-0.2, -0.15) is 27.7 Å². The molecule has 0 saturated heterocycles. The molecule has 0 aliphatic heterocycles. The summed E-state index contributed by atoms with van der Waals surface area (Å²) in [6.07, 6.45) is 7.44. The van der Waals surface area contributed by atoms with Gasteiger partial charge in [0.25, 0.3) is 0 Å². The van der Waals surface area contributed by atoms with Crippen molar-refractivity contribution >= 4 is 23.0 Å². The number of rotatable bonds is 1. The van der Waals surface area contributed by atoms with Crippen LogP contribution in [0.4, 0.5) is 11.4 Å². The summed E-state index contributed by atoms with van der Waals surface area (Å²) in [4.78, 5) is 7.99. The average molecular weight is 444 g/mol. The van der Waals surface area contributed by atoms with E-state index in [1.807, 2.05) is 66.5 Å². The Morgan fingerprint density at radius 3 is 1.52 bits per heavy atom. The molecule has 2 aromatic heterocycles. The second kappa shape index (κ2) is 18.2. The maximum atomic E-state index is 5.82. The van der Waals surface area contributed by atoms with Crippen LogP contribution in [0.3, 0.4) is 0 Å². The van der Waals surface area contributed by atoms with Crippen molar-refractivity contribution in [3.63, 3.8) is 0 Å². The van der Waals surface area contributed by atoms with Crippen LogP contribution in [0.1, 0.15) is 64.3 Å². The largest absolute Gasteiger partial charge is 2.00 e.